The van der Waals surface area contributed by atoms with E-state index in [9.17, 15) is 0 Å². The summed E-state index contributed by atoms with van der Waals surface area (Å²) in [4.78, 5) is 7.96. The summed E-state index contributed by atoms with van der Waals surface area (Å²) in [5.41, 5.74) is 3.65. The maximum absolute atomic E-state index is 3.98. The summed E-state index contributed by atoms with van der Waals surface area (Å²) < 4.78 is 0.916. The van der Waals surface area contributed by atoms with Crippen molar-refractivity contribution in [2.24, 2.45) is 5.10 Å². The van der Waals surface area contributed by atoms with Crippen molar-refractivity contribution in [2.45, 2.75) is 4.43 Å². The minimum Gasteiger partial charge on any atom is -0.246 e. The first-order valence-corrected chi connectivity index (χ1v) is 4.48. The molecule has 0 amide bonds. The molecule has 1 N–H and O–H groups in total. The lowest BCUT2D eigenvalue weighted by Gasteiger charge is -1.96. The Morgan fingerprint density at radius 3 is 2.64 bits per heavy atom. The lowest BCUT2D eigenvalue weighted by atomic mass is 10.4. The minimum atomic E-state index is 0.480. The summed E-state index contributed by atoms with van der Waals surface area (Å²) in [6, 6.07) is 0. The third kappa shape index (κ3) is 2.41. The van der Waals surface area contributed by atoms with Crippen molar-refractivity contribution in [1.29, 1.82) is 0 Å². The largest absolute Gasteiger partial charge is 0.246 e. The van der Waals surface area contributed by atoms with Crippen LogP contribution in [0, 0.1) is 0 Å². The molecule has 0 spiro atoms. The molecule has 5 heteroatoms. The minimum absolute atomic E-state index is 0.480. The van der Waals surface area contributed by atoms with Crippen LogP contribution < -0.4 is 5.43 Å². The van der Waals surface area contributed by atoms with Gasteiger partial charge in [0.05, 0.1) is 0 Å². The number of hydrogen-bond acceptors (Lipinski definition) is 4. The van der Waals surface area contributed by atoms with Crippen LogP contribution in [0.3, 0.4) is 0 Å². The molecule has 58 valence electrons. The third-order valence-electron chi connectivity index (χ3n) is 1.04. The molecule has 0 bridgehead atoms. The summed E-state index contributed by atoms with van der Waals surface area (Å²) in [6.45, 7) is 3.26. The molecule has 1 heterocycles. The fourth-order valence-electron chi connectivity index (χ4n) is 0.552. The summed E-state index contributed by atoms with van der Waals surface area (Å²) in [7, 11) is 0. The van der Waals surface area contributed by atoms with Gasteiger partial charge in [-0.2, -0.15) is 5.10 Å². The van der Waals surface area contributed by atoms with Crippen molar-refractivity contribution >= 4 is 35.3 Å². The first-order valence-electron chi connectivity index (χ1n) is 2.95. The Hall–Kier alpha value is -0.720. The molecule has 0 radical (unpaired) electrons. The molecule has 0 saturated heterocycles. The second-order valence-electron chi connectivity index (χ2n) is 1.82. The number of aromatic nitrogens is 2. The van der Waals surface area contributed by atoms with Gasteiger partial charge >= 0.3 is 0 Å². The van der Waals surface area contributed by atoms with Crippen molar-refractivity contribution in [3.8, 4) is 0 Å². The molecule has 0 aliphatic carbocycles. The van der Waals surface area contributed by atoms with E-state index < -0.39 is 0 Å². The van der Waals surface area contributed by atoms with E-state index in [0.717, 1.165) is 9.99 Å². The molecular formula is C6H7IN4. The monoisotopic (exact) mass is 262 g/mol. The van der Waals surface area contributed by atoms with Gasteiger partial charge in [-0.1, -0.05) is 22.6 Å². The molecule has 1 aromatic heterocycles. The number of rotatable bonds is 3. The van der Waals surface area contributed by atoms with Crippen LogP contribution in [0.4, 0.5) is 5.95 Å². The molecule has 1 aromatic rings. The molecule has 0 fully saturated rings. The molecule has 4 nitrogen and oxygen atoms in total. The Labute approximate surface area is 78.3 Å². The smallest absolute Gasteiger partial charge is 0.243 e. The molecule has 0 unspecified atom stereocenters. The summed E-state index contributed by atoms with van der Waals surface area (Å²) in [5.74, 6) is 0.480. The van der Waals surface area contributed by atoms with E-state index in [0.29, 0.717) is 5.95 Å². The number of nitrogens with one attached hydrogen (secondary N) is 1. The molecule has 0 aliphatic heterocycles. The first-order chi connectivity index (χ1) is 5.36. The normalized spacial score (nSPS) is 9.18. The van der Waals surface area contributed by atoms with E-state index in [1.54, 1.807) is 12.4 Å². The van der Waals surface area contributed by atoms with Crippen LogP contribution in [0.25, 0.3) is 0 Å². The Bertz CT molecular complexity index is 233. The van der Waals surface area contributed by atoms with Crippen molar-refractivity contribution < 1.29 is 0 Å². The second kappa shape index (κ2) is 4.22. The number of alkyl halides is 1. The maximum Gasteiger partial charge on any atom is 0.243 e. The number of anilines is 1. The average molecular weight is 262 g/mol. The zero-order valence-electron chi connectivity index (χ0n) is 5.79. The van der Waals surface area contributed by atoms with Crippen LogP contribution in [0.2, 0.25) is 0 Å². The Morgan fingerprint density at radius 1 is 1.55 bits per heavy atom. The van der Waals surface area contributed by atoms with Crippen molar-refractivity contribution in [3.63, 3.8) is 0 Å². The molecule has 0 aliphatic rings. The number of hydrogen-bond donors (Lipinski definition) is 1. The van der Waals surface area contributed by atoms with Crippen LogP contribution in [0.1, 0.15) is 5.56 Å². The van der Waals surface area contributed by atoms with Gasteiger partial charge in [0.25, 0.3) is 0 Å². The summed E-state index contributed by atoms with van der Waals surface area (Å²) in [6.07, 6.45) is 3.51. The molecule has 0 atom stereocenters. The Balaban J connectivity index is 2.74. The fourth-order valence-corrected chi connectivity index (χ4v) is 0.946. The predicted octanol–water partition coefficient (Wildman–Crippen LogP) is 1.44. The highest BCUT2D eigenvalue weighted by Crippen LogP contribution is 2.03. The van der Waals surface area contributed by atoms with Crippen LogP contribution in [0.5, 0.6) is 0 Å². The van der Waals surface area contributed by atoms with E-state index in [2.05, 4.69) is 49.8 Å². The predicted molar refractivity (Wildman–Crippen MR) is 52.9 cm³/mol. The number of hydrazone groups is 1. The van der Waals surface area contributed by atoms with Gasteiger partial charge in [-0.05, 0) is 5.56 Å². The van der Waals surface area contributed by atoms with Gasteiger partial charge in [0.15, 0.2) is 0 Å². The van der Waals surface area contributed by atoms with E-state index in [-0.39, 0.29) is 0 Å². The highest BCUT2D eigenvalue weighted by molar-refractivity contribution is 14.1. The van der Waals surface area contributed by atoms with Gasteiger partial charge in [-0.25, -0.2) is 15.4 Å². The van der Waals surface area contributed by atoms with Gasteiger partial charge in [-0.15, -0.1) is 0 Å². The molecule has 11 heavy (non-hydrogen) atoms. The zero-order valence-corrected chi connectivity index (χ0v) is 7.95. The lowest BCUT2D eigenvalue weighted by Crippen LogP contribution is -1.94. The highest BCUT2D eigenvalue weighted by atomic mass is 127. The third-order valence-corrected chi connectivity index (χ3v) is 1.92. The van der Waals surface area contributed by atoms with Crippen molar-refractivity contribution in [1.82, 2.24) is 9.97 Å². The summed E-state index contributed by atoms with van der Waals surface area (Å²) in [5, 5.41) is 3.43. The van der Waals surface area contributed by atoms with E-state index in [1.165, 1.54) is 0 Å². The SMILES string of the molecule is C=NNc1ncc(CI)cn1. The fraction of sp³-hybridized carbons (Fsp3) is 0.167. The zero-order chi connectivity index (χ0) is 8.10. The van der Waals surface area contributed by atoms with Crippen LogP contribution in [-0.2, 0) is 4.43 Å². The number of nitrogens with zero attached hydrogens (tertiary/aromatic N) is 3. The topological polar surface area (TPSA) is 50.2 Å². The molecule has 1 rings (SSSR count). The number of halogens is 1. The standard InChI is InChI=1S/C6H7IN4/c1-8-11-6-9-3-5(2-7)4-10-6/h3-4H,1-2H2,(H,9,10,11). The lowest BCUT2D eigenvalue weighted by molar-refractivity contribution is 1.09. The molecule has 0 saturated carbocycles. The van der Waals surface area contributed by atoms with Gasteiger partial charge in [0.2, 0.25) is 5.95 Å². The Kier molecular flexibility index (Phi) is 3.21. The van der Waals surface area contributed by atoms with Crippen molar-refractivity contribution in [2.75, 3.05) is 5.43 Å². The van der Waals surface area contributed by atoms with E-state index in [1.807, 2.05) is 0 Å². The average Bonchev–Trinajstić information content (AvgIpc) is 2.07. The Morgan fingerprint density at radius 2 is 2.18 bits per heavy atom. The van der Waals surface area contributed by atoms with E-state index >= 15 is 0 Å². The van der Waals surface area contributed by atoms with Gasteiger partial charge in [0.1, 0.15) is 0 Å². The van der Waals surface area contributed by atoms with Crippen LogP contribution >= 0.6 is 22.6 Å². The summed E-state index contributed by atoms with van der Waals surface area (Å²) >= 11 is 2.25. The molecule has 0 aromatic carbocycles. The molecular weight excluding hydrogens is 255 g/mol. The highest BCUT2D eigenvalue weighted by Gasteiger charge is 1.92. The van der Waals surface area contributed by atoms with Gasteiger partial charge in [-0.3, -0.25) is 0 Å². The van der Waals surface area contributed by atoms with Crippen LogP contribution in [-0.4, -0.2) is 16.7 Å². The second-order valence-corrected chi connectivity index (χ2v) is 2.58. The van der Waals surface area contributed by atoms with Crippen molar-refractivity contribution in [3.05, 3.63) is 18.0 Å². The van der Waals surface area contributed by atoms with Gasteiger partial charge in [0, 0.05) is 23.5 Å². The maximum atomic E-state index is 3.98. The first kappa shape index (κ1) is 8.38. The van der Waals surface area contributed by atoms with Gasteiger partial charge < -0.3 is 0 Å². The van der Waals surface area contributed by atoms with E-state index in [4.69, 9.17) is 0 Å². The quantitative estimate of drug-likeness (QED) is 0.388. The van der Waals surface area contributed by atoms with Crippen LogP contribution in [0.15, 0.2) is 17.5 Å².